The number of fused-ring (bicyclic) bond motifs is 1. The number of ether oxygens (including phenoxy) is 2. The Morgan fingerprint density at radius 3 is 2.62 bits per heavy atom. The molecule has 29 heavy (non-hydrogen) atoms. The first-order valence-electron chi connectivity index (χ1n) is 9.28. The predicted octanol–water partition coefficient (Wildman–Crippen LogP) is 2.25. The van der Waals surface area contributed by atoms with Crippen molar-refractivity contribution in [1.82, 2.24) is 19.6 Å². The number of aryl methyl sites for hydroxylation is 2. The summed E-state index contributed by atoms with van der Waals surface area (Å²) in [4.78, 5) is 33.1. The van der Waals surface area contributed by atoms with Crippen molar-refractivity contribution in [2.75, 3.05) is 11.9 Å². The number of hydrogen-bond acceptors (Lipinski definition) is 7. The zero-order valence-corrected chi connectivity index (χ0v) is 16.8. The Bertz CT molecular complexity index is 1030. The van der Waals surface area contributed by atoms with Crippen LogP contribution in [0.15, 0.2) is 30.6 Å². The smallest absolute Gasteiger partial charge is 0.311 e. The first-order valence-corrected chi connectivity index (χ1v) is 9.28. The Kier molecular flexibility index (Phi) is 6.06. The molecule has 9 nitrogen and oxygen atoms in total. The number of carbonyl (C=O) groups is 2. The van der Waals surface area contributed by atoms with E-state index in [1.165, 1.54) is 13.3 Å². The number of nitrogens with one attached hydrogen (secondary N) is 1. The van der Waals surface area contributed by atoms with E-state index in [0.717, 1.165) is 5.69 Å². The minimum absolute atomic E-state index is 0.0128. The Morgan fingerprint density at radius 1 is 1.21 bits per heavy atom. The molecular formula is C20H23N5O4. The third-order valence-corrected chi connectivity index (χ3v) is 4.42. The molecule has 0 saturated carbocycles. The summed E-state index contributed by atoms with van der Waals surface area (Å²) in [5.41, 5.74) is 2.72. The van der Waals surface area contributed by atoms with Gasteiger partial charge >= 0.3 is 5.97 Å². The van der Waals surface area contributed by atoms with Crippen LogP contribution in [0.3, 0.4) is 0 Å². The van der Waals surface area contributed by atoms with E-state index in [2.05, 4.69) is 20.4 Å². The number of amides is 1. The van der Waals surface area contributed by atoms with Gasteiger partial charge in [0.2, 0.25) is 0 Å². The Labute approximate surface area is 168 Å². The fraction of sp³-hybridized carbons (Fsp3) is 0.350. The first-order chi connectivity index (χ1) is 13.9. The van der Waals surface area contributed by atoms with Crippen LogP contribution in [-0.2, 0) is 20.7 Å². The number of esters is 1. The van der Waals surface area contributed by atoms with Gasteiger partial charge in [-0.15, -0.1) is 0 Å². The number of anilines is 1. The van der Waals surface area contributed by atoms with E-state index in [0.29, 0.717) is 35.1 Å². The summed E-state index contributed by atoms with van der Waals surface area (Å²) >= 11 is 0. The molecule has 0 saturated heterocycles. The third-order valence-electron chi connectivity index (χ3n) is 4.42. The largest absolute Gasteiger partial charge is 0.494 e. The van der Waals surface area contributed by atoms with Gasteiger partial charge in [0.25, 0.3) is 11.7 Å². The van der Waals surface area contributed by atoms with Crippen molar-refractivity contribution in [3.8, 4) is 5.75 Å². The number of rotatable bonds is 7. The number of carbonyl (C=O) groups excluding carboxylic acids is 2. The van der Waals surface area contributed by atoms with E-state index in [9.17, 15) is 9.59 Å². The van der Waals surface area contributed by atoms with Crippen LogP contribution in [0.5, 0.6) is 5.75 Å². The topological polar surface area (TPSA) is 108 Å². The highest BCUT2D eigenvalue weighted by Crippen LogP contribution is 2.17. The van der Waals surface area contributed by atoms with Crippen LogP contribution in [0.4, 0.5) is 5.69 Å². The molecule has 0 aliphatic carbocycles. The molecule has 0 radical (unpaired) electrons. The minimum atomic E-state index is -0.947. The van der Waals surface area contributed by atoms with Crippen molar-refractivity contribution in [2.45, 2.75) is 40.2 Å². The molecule has 2 aromatic heterocycles. The van der Waals surface area contributed by atoms with Crippen molar-refractivity contribution >= 4 is 23.3 Å². The van der Waals surface area contributed by atoms with Gasteiger partial charge < -0.3 is 14.8 Å². The predicted molar refractivity (Wildman–Crippen MR) is 106 cm³/mol. The number of benzene rings is 1. The molecule has 0 fully saturated rings. The lowest BCUT2D eigenvalue weighted by atomic mass is 10.1. The zero-order valence-electron chi connectivity index (χ0n) is 16.8. The number of hydrogen-bond donors (Lipinski definition) is 1. The van der Waals surface area contributed by atoms with Gasteiger partial charge in [0.05, 0.1) is 13.0 Å². The van der Waals surface area contributed by atoms with E-state index in [1.807, 2.05) is 13.8 Å². The van der Waals surface area contributed by atoms with Gasteiger partial charge in [0, 0.05) is 22.6 Å². The molecule has 9 heteroatoms. The summed E-state index contributed by atoms with van der Waals surface area (Å²) in [6.07, 6.45) is 0.448. The van der Waals surface area contributed by atoms with Gasteiger partial charge in [-0.1, -0.05) is 0 Å². The standard InChI is InChI=1S/C20H23N5O4/c1-5-28-16-8-6-15(7-9-16)24-19(27)14(4)29-18(26)10-17-12(2)23-20-21-11-22-25(20)13(17)3/h6-9,11,14H,5,10H2,1-4H3,(H,24,27)/t14-/m0/s1. The van der Waals surface area contributed by atoms with Gasteiger partial charge in [-0.25, -0.2) is 9.50 Å². The summed E-state index contributed by atoms with van der Waals surface area (Å²) in [7, 11) is 0. The molecule has 2 heterocycles. The van der Waals surface area contributed by atoms with Crippen LogP contribution >= 0.6 is 0 Å². The second-order valence-corrected chi connectivity index (χ2v) is 6.49. The molecule has 0 bridgehead atoms. The molecule has 0 unspecified atom stereocenters. The molecule has 1 N–H and O–H groups in total. The van der Waals surface area contributed by atoms with Crippen molar-refractivity contribution in [3.63, 3.8) is 0 Å². The minimum Gasteiger partial charge on any atom is -0.494 e. The molecule has 0 aliphatic rings. The van der Waals surface area contributed by atoms with Gasteiger partial charge in [-0.2, -0.15) is 10.1 Å². The maximum atomic E-state index is 12.4. The highest BCUT2D eigenvalue weighted by atomic mass is 16.5. The van der Waals surface area contributed by atoms with Gasteiger partial charge in [0.15, 0.2) is 6.10 Å². The van der Waals surface area contributed by atoms with Crippen LogP contribution in [0, 0.1) is 13.8 Å². The first kappa shape index (κ1) is 20.2. The molecule has 1 aromatic carbocycles. The summed E-state index contributed by atoms with van der Waals surface area (Å²) in [5, 5.41) is 6.82. The second-order valence-electron chi connectivity index (χ2n) is 6.49. The SMILES string of the molecule is CCOc1ccc(NC(=O)[C@H](C)OC(=O)Cc2c(C)nc3ncnn3c2C)cc1. The van der Waals surface area contributed by atoms with E-state index in [1.54, 1.807) is 35.7 Å². The van der Waals surface area contributed by atoms with Gasteiger partial charge in [0.1, 0.15) is 12.1 Å². The monoisotopic (exact) mass is 397 g/mol. The Balaban J connectivity index is 1.60. The maximum absolute atomic E-state index is 12.4. The van der Waals surface area contributed by atoms with Crippen molar-refractivity contribution in [3.05, 3.63) is 47.5 Å². The van der Waals surface area contributed by atoms with E-state index < -0.39 is 18.0 Å². The fourth-order valence-corrected chi connectivity index (χ4v) is 2.89. The molecule has 1 amide bonds. The number of nitrogens with zero attached hydrogens (tertiary/aromatic N) is 4. The van der Waals surface area contributed by atoms with E-state index in [-0.39, 0.29) is 6.42 Å². The van der Waals surface area contributed by atoms with Gasteiger partial charge in [-0.05, 0) is 52.0 Å². The third kappa shape index (κ3) is 4.68. The fourth-order valence-electron chi connectivity index (χ4n) is 2.89. The van der Waals surface area contributed by atoms with Crippen LogP contribution in [-0.4, -0.2) is 44.2 Å². The van der Waals surface area contributed by atoms with Crippen molar-refractivity contribution in [2.24, 2.45) is 0 Å². The normalized spacial score (nSPS) is 11.9. The molecule has 152 valence electrons. The molecule has 3 aromatic rings. The molecule has 3 rings (SSSR count). The van der Waals surface area contributed by atoms with Crippen LogP contribution < -0.4 is 10.1 Å². The highest BCUT2D eigenvalue weighted by molar-refractivity contribution is 5.95. The lowest BCUT2D eigenvalue weighted by Gasteiger charge is -2.15. The summed E-state index contributed by atoms with van der Waals surface area (Å²) in [6, 6.07) is 6.97. The van der Waals surface area contributed by atoms with Crippen LogP contribution in [0.1, 0.15) is 30.8 Å². The quantitative estimate of drug-likeness (QED) is 0.609. The second kappa shape index (κ2) is 8.68. The van der Waals surface area contributed by atoms with E-state index >= 15 is 0 Å². The average molecular weight is 397 g/mol. The molecule has 0 aliphatic heterocycles. The lowest BCUT2D eigenvalue weighted by molar-refractivity contribution is -0.152. The molecule has 1 atom stereocenters. The Hall–Kier alpha value is -3.49. The molecule has 0 spiro atoms. The van der Waals surface area contributed by atoms with Crippen LogP contribution in [0.25, 0.3) is 5.78 Å². The molecular weight excluding hydrogens is 374 g/mol. The van der Waals surface area contributed by atoms with E-state index in [4.69, 9.17) is 9.47 Å². The Morgan fingerprint density at radius 2 is 1.93 bits per heavy atom. The van der Waals surface area contributed by atoms with Crippen LogP contribution in [0.2, 0.25) is 0 Å². The number of aromatic nitrogens is 4. The summed E-state index contributed by atoms with van der Waals surface area (Å²) in [6.45, 7) is 7.62. The zero-order chi connectivity index (χ0) is 21.0. The summed E-state index contributed by atoms with van der Waals surface area (Å²) in [5.74, 6) is 0.251. The lowest BCUT2D eigenvalue weighted by Crippen LogP contribution is -2.30. The average Bonchev–Trinajstić information content (AvgIpc) is 3.15. The van der Waals surface area contributed by atoms with Crippen molar-refractivity contribution < 1.29 is 19.1 Å². The maximum Gasteiger partial charge on any atom is 0.311 e. The highest BCUT2D eigenvalue weighted by Gasteiger charge is 2.21. The van der Waals surface area contributed by atoms with Crippen molar-refractivity contribution in [1.29, 1.82) is 0 Å². The summed E-state index contributed by atoms with van der Waals surface area (Å²) < 4.78 is 12.2. The van der Waals surface area contributed by atoms with Gasteiger partial charge in [-0.3, -0.25) is 9.59 Å².